The molecule has 2 aromatic rings. The fraction of sp³-hybridized carbons (Fsp3) is 0.565. The van der Waals surface area contributed by atoms with Crippen molar-refractivity contribution in [2.45, 2.75) is 49.6 Å². The van der Waals surface area contributed by atoms with Crippen molar-refractivity contribution in [3.05, 3.63) is 47.5 Å². The van der Waals surface area contributed by atoms with Gasteiger partial charge in [0, 0.05) is 50.2 Å². The summed E-state index contributed by atoms with van der Waals surface area (Å²) in [5.74, 6) is 1.23. The summed E-state index contributed by atoms with van der Waals surface area (Å²) < 4.78 is 5.44. The minimum absolute atomic E-state index is 0.0985. The van der Waals surface area contributed by atoms with Gasteiger partial charge in [-0.2, -0.15) is 0 Å². The highest BCUT2D eigenvalue weighted by atomic mass is 32.2. The van der Waals surface area contributed by atoms with Crippen molar-refractivity contribution in [2.75, 3.05) is 39.4 Å². The first kappa shape index (κ1) is 22.2. The number of aromatic nitrogens is 3. The molecular weight excluding hydrogens is 410 g/mol. The van der Waals surface area contributed by atoms with Gasteiger partial charge in [-0.15, -0.1) is 0 Å². The number of likely N-dealkylation sites (tertiary alicyclic amines) is 1. The first-order valence-electron chi connectivity index (χ1n) is 11.1. The quantitative estimate of drug-likeness (QED) is 0.504. The van der Waals surface area contributed by atoms with Crippen LogP contribution in [-0.4, -0.2) is 76.1 Å². The van der Waals surface area contributed by atoms with Gasteiger partial charge < -0.3 is 9.64 Å². The lowest BCUT2D eigenvalue weighted by molar-refractivity contribution is -0.139. The predicted octanol–water partition coefficient (Wildman–Crippen LogP) is 2.90. The van der Waals surface area contributed by atoms with Crippen LogP contribution in [0.3, 0.4) is 0 Å². The molecule has 2 aromatic heterocycles. The van der Waals surface area contributed by atoms with E-state index in [9.17, 15) is 4.79 Å². The zero-order chi connectivity index (χ0) is 21.6. The molecule has 0 bridgehead atoms. The molecule has 166 valence electrons. The minimum Gasteiger partial charge on any atom is -0.379 e. The van der Waals surface area contributed by atoms with Crippen molar-refractivity contribution in [2.24, 2.45) is 0 Å². The number of ether oxygens (including phenoxy) is 1. The number of thioether (sulfide) groups is 1. The van der Waals surface area contributed by atoms with Gasteiger partial charge in [0.15, 0.2) is 5.16 Å². The molecule has 0 radical (unpaired) electrons. The molecule has 4 heterocycles. The van der Waals surface area contributed by atoms with E-state index in [-0.39, 0.29) is 17.9 Å². The van der Waals surface area contributed by atoms with Crippen molar-refractivity contribution in [1.29, 1.82) is 0 Å². The first-order valence-corrected chi connectivity index (χ1v) is 12.1. The topological polar surface area (TPSA) is 71.5 Å². The maximum absolute atomic E-state index is 13.2. The van der Waals surface area contributed by atoms with Crippen LogP contribution in [0.1, 0.15) is 42.6 Å². The minimum atomic E-state index is -0.0985. The van der Waals surface area contributed by atoms with E-state index >= 15 is 0 Å². The van der Waals surface area contributed by atoms with Crippen molar-refractivity contribution in [3.8, 4) is 0 Å². The van der Waals surface area contributed by atoms with Gasteiger partial charge in [-0.3, -0.25) is 14.7 Å². The van der Waals surface area contributed by atoms with Crippen LogP contribution in [0, 0.1) is 6.92 Å². The van der Waals surface area contributed by atoms with E-state index in [1.807, 2.05) is 42.4 Å². The van der Waals surface area contributed by atoms with E-state index in [1.54, 1.807) is 11.8 Å². The number of carbonyl (C=O) groups is 1. The highest BCUT2D eigenvalue weighted by Crippen LogP contribution is 2.30. The summed E-state index contributed by atoms with van der Waals surface area (Å²) in [5.41, 5.74) is 3.20. The summed E-state index contributed by atoms with van der Waals surface area (Å²) in [6.45, 7) is 8.72. The zero-order valence-electron chi connectivity index (χ0n) is 18.4. The molecule has 0 saturated carbocycles. The Morgan fingerprint density at radius 3 is 2.87 bits per heavy atom. The number of nitrogens with zero attached hydrogens (tertiary/aromatic N) is 5. The third-order valence-corrected chi connectivity index (χ3v) is 7.03. The van der Waals surface area contributed by atoms with Crippen LogP contribution in [0.15, 0.2) is 35.7 Å². The fourth-order valence-electron chi connectivity index (χ4n) is 4.33. The Balaban J connectivity index is 1.41. The normalized spacial score (nSPS) is 21.1. The van der Waals surface area contributed by atoms with Crippen LogP contribution in [0.4, 0.5) is 0 Å². The third kappa shape index (κ3) is 5.61. The second-order valence-corrected chi connectivity index (χ2v) is 9.22. The summed E-state index contributed by atoms with van der Waals surface area (Å²) in [6, 6.07) is 5.83. The molecule has 0 spiro atoms. The molecule has 0 N–H and O–H groups in total. The molecule has 2 atom stereocenters. The van der Waals surface area contributed by atoms with Crippen molar-refractivity contribution < 1.29 is 9.53 Å². The SMILES string of the molecule is Cc1cnc(SCc2ccccn2)nc1[C@H]1CCCN(C(=O)[C@@H](C)N2CCOCC2)C1. The number of aryl methyl sites for hydroxylation is 1. The Labute approximate surface area is 188 Å². The smallest absolute Gasteiger partial charge is 0.239 e. The molecular formula is C23H31N5O2S. The molecule has 7 nitrogen and oxygen atoms in total. The molecule has 0 aliphatic carbocycles. The Morgan fingerprint density at radius 2 is 2.10 bits per heavy atom. The van der Waals surface area contributed by atoms with Gasteiger partial charge in [-0.05, 0) is 44.4 Å². The van der Waals surface area contributed by atoms with Crippen LogP contribution in [0.25, 0.3) is 0 Å². The number of hydrogen-bond donors (Lipinski definition) is 0. The van der Waals surface area contributed by atoms with E-state index in [0.29, 0.717) is 13.2 Å². The Morgan fingerprint density at radius 1 is 1.26 bits per heavy atom. The average Bonchev–Trinajstić information content (AvgIpc) is 2.84. The molecule has 2 aliphatic rings. The van der Waals surface area contributed by atoms with Gasteiger partial charge in [-0.25, -0.2) is 9.97 Å². The van der Waals surface area contributed by atoms with E-state index < -0.39 is 0 Å². The molecule has 8 heteroatoms. The van der Waals surface area contributed by atoms with Crippen LogP contribution in [0.2, 0.25) is 0 Å². The highest BCUT2D eigenvalue weighted by molar-refractivity contribution is 7.98. The third-order valence-electron chi connectivity index (χ3n) is 6.13. The Hall–Kier alpha value is -2.03. The standard InChI is InChI=1S/C23H31N5O2S/c1-17-14-25-23(31-16-20-7-3-4-8-24-20)26-21(17)19-6-5-9-28(15-19)22(29)18(2)27-10-12-30-13-11-27/h3-4,7-8,14,18-19H,5-6,9-13,15-16H2,1-2H3/t18-,19+/m1/s1. The molecule has 2 fully saturated rings. The summed E-state index contributed by atoms with van der Waals surface area (Å²) >= 11 is 1.61. The molecule has 0 unspecified atom stereocenters. The summed E-state index contributed by atoms with van der Waals surface area (Å²) in [5, 5.41) is 0.774. The molecule has 0 aromatic carbocycles. The van der Waals surface area contributed by atoms with Crippen LogP contribution in [-0.2, 0) is 15.3 Å². The van der Waals surface area contributed by atoms with Gasteiger partial charge >= 0.3 is 0 Å². The monoisotopic (exact) mass is 441 g/mol. The Bertz CT molecular complexity index is 876. The molecule has 31 heavy (non-hydrogen) atoms. The molecule has 2 aliphatic heterocycles. The summed E-state index contributed by atoms with van der Waals surface area (Å²) in [6.07, 6.45) is 5.78. The number of pyridine rings is 1. The predicted molar refractivity (Wildman–Crippen MR) is 121 cm³/mol. The number of morpholine rings is 1. The molecule has 4 rings (SSSR count). The molecule has 2 saturated heterocycles. The van der Waals surface area contributed by atoms with E-state index in [2.05, 4.69) is 21.8 Å². The molecule has 1 amide bonds. The van der Waals surface area contributed by atoms with E-state index in [1.165, 1.54) is 0 Å². The highest BCUT2D eigenvalue weighted by Gasteiger charge is 2.32. The van der Waals surface area contributed by atoms with Gasteiger partial charge in [0.25, 0.3) is 0 Å². The number of amides is 1. The van der Waals surface area contributed by atoms with Crippen molar-refractivity contribution >= 4 is 17.7 Å². The second-order valence-electron chi connectivity index (χ2n) is 8.28. The van der Waals surface area contributed by atoms with Crippen molar-refractivity contribution in [1.82, 2.24) is 24.8 Å². The largest absolute Gasteiger partial charge is 0.379 e. The van der Waals surface area contributed by atoms with E-state index in [4.69, 9.17) is 9.72 Å². The number of rotatable bonds is 6. The lowest BCUT2D eigenvalue weighted by Crippen LogP contribution is -2.52. The van der Waals surface area contributed by atoms with Crippen LogP contribution < -0.4 is 0 Å². The maximum Gasteiger partial charge on any atom is 0.239 e. The first-order chi connectivity index (χ1) is 15.1. The number of carbonyl (C=O) groups excluding carboxylic acids is 1. The lowest BCUT2D eigenvalue weighted by Gasteiger charge is -2.38. The summed E-state index contributed by atoms with van der Waals surface area (Å²) in [4.78, 5) is 31.2. The summed E-state index contributed by atoms with van der Waals surface area (Å²) in [7, 11) is 0. The van der Waals surface area contributed by atoms with Crippen LogP contribution >= 0.6 is 11.8 Å². The number of hydrogen-bond acceptors (Lipinski definition) is 7. The van der Waals surface area contributed by atoms with Crippen LogP contribution in [0.5, 0.6) is 0 Å². The second kappa shape index (κ2) is 10.5. The van der Waals surface area contributed by atoms with E-state index in [0.717, 1.165) is 66.9 Å². The van der Waals surface area contributed by atoms with Gasteiger partial charge in [0.05, 0.1) is 30.6 Å². The number of piperidine rings is 1. The maximum atomic E-state index is 13.2. The van der Waals surface area contributed by atoms with Gasteiger partial charge in [-0.1, -0.05) is 17.8 Å². The average molecular weight is 442 g/mol. The van der Waals surface area contributed by atoms with Crippen molar-refractivity contribution in [3.63, 3.8) is 0 Å². The lowest BCUT2D eigenvalue weighted by atomic mass is 9.92. The fourth-order valence-corrected chi connectivity index (χ4v) is 5.07. The van der Waals surface area contributed by atoms with Gasteiger partial charge in [0.1, 0.15) is 0 Å². The Kier molecular flexibility index (Phi) is 7.53. The van der Waals surface area contributed by atoms with Gasteiger partial charge in [0.2, 0.25) is 5.91 Å². The zero-order valence-corrected chi connectivity index (χ0v) is 19.2.